The molecule has 0 bridgehead atoms. The summed E-state index contributed by atoms with van der Waals surface area (Å²) in [6.07, 6.45) is 0. The van der Waals surface area contributed by atoms with Crippen LogP contribution in [0.2, 0.25) is 0 Å². The summed E-state index contributed by atoms with van der Waals surface area (Å²) in [5, 5.41) is 0. The van der Waals surface area contributed by atoms with Crippen molar-refractivity contribution in [2.45, 2.75) is 0 Å². The molecule has 0 heterocycles. The van der Waals surface area contributed by atoms with Gasteiger partial charge in [-0.2, -0.15) is 0 Å². The second kappa shape index (κ2) is 8.32. The van der Waals surface area contributed by atoms with Gasteiger partial charge in [0.25, 0.3) is 0 Å². The quantitative estimate of drug-likeness (QED) is 0.235. The van der Waals surface area contributed by atoms with Gasteiger partial charge in [-0.25, -0.2) is 0 Å². The molecule has 0 radical (unpaired) electrons. The molecule has 8 heteroatoms. The van der Waals surface area contributed by atoms with E-state index in [0.717, 1.165) is 0 Å². The van der Waals surface area contributed by atoms with Crippen molar-refractivity contribution in [3.8, 4) is 0 Å². The van der Waals surface area contributed by atoms with Gasteiger partial charge in [0.1, 0.15) is 0 Å². The Morgan fingerprint density at radius 2 is 1.12 bits per heavy atom. The van der Waals surface area contributed by atoms with Crippen LogP contribution in [0.5, 0.6) is 0 Å². The summed E-state index contributed by atoms with van der Waals surface area (Å²) in [4.78, 5) is 0. The summed E-state index contributed by atoms with van der Waals surface area (Å²) in [7, 11) is -5.17. The van der Waals surface area contributed by atoms with Crippen LogP contribution in [-0.4, -0.2) is 34.9 Å². The standard InChI is InChI=1S/Al.ClH.H2O4S.Zn/c;;1-5(2,3)4;/h;1H;(H2,1,2,3,4);/q+3;;;+2/p-3. The van der Waals surface area contributed by atoms with E-state index in [1.54, 1.807) is 0 Å². The Bertz CT molecular complexity index is 99.2. The molecule has 0 N–H and O–H groups in total. The van der Waals surface area contributed by atoms with Crippen molar-refractivity contribution in [1.29, 1.82) is 0 Å². The third-order valence-electron chi connectivity index (χ3n) is 0. The first-order valence-corrected chi connectivity index (χ1v) is 2.00. The molecule has 0 rings (SSSR count). The van der Waals surface area contributed by atoms with Crippen LogP contribution in [0.25, 0.3) is 0 Å². The normalized spacial score (nSPS) is 7.25. The number of rotatable bonds is 0. The van der Waals surface area contributed by atoms with E-state index in [0.29, 0.717) is 0 Å². The van der Waals surface area contributed by atoms with E-state index in [4.69, 9.17) is 17.5 Å². The monoisotopic (exact) mass is 222 g/mol. The summed E-state index contributed by atoms with van der Waals surface area (Å²) in [5.74, 6) is 0. The minimum absolute atomic E-state index is 0. The van der Waals surface area contributed by atoms with Crippen LogP contribution in [0, 0.1) is 0 Å². The Morgan fingerprint density at radius 3 is 1.12 bits per heavy atom. The summed E-state index contributed by atoms with van der Waals surface area (Å²) >= 11 is 0. The molecule has 0 aromatic rings. The van der Waals surface area contributed by atoms with E-state index in [1.165, 1.54) is 0 Å². The maximum Gasteiger partial charge on any atom is 3.00 e. The Labute approximate surface area is 76.9 Å². The van der Waals surface area contributed by atoms with Crippen LogP contribution in [0.15, 0.2) is 0 Å². The number of hydrogen-bond acceptors (Lipinski definition) is 4. The summed E-state index contributed by atoms with van der Waals surface area (Å²) in [6, 6.07) is 0. The summed E-state index contributed by atoms with van der Waals surface area (Å²) < 4.78 is 34.1. The average molecular weight is 224 g/mol. The van der Waals surface area contributed by atoms with Gasteiger partial charge in [-0.3, -0.25) is 8.42 Å². The van der Waals surface area contributed by atoms with Gasteiger partial charge in [-0.15, -0.1) is 0 Å². The largest absolute Gasteiger partial charge is 3.00 e. The van der Waals surface area contributed by atoms with Gasteiger partial charge in [-0.05, 0) is 0 Å². The van der Waals surface area contributed by atoms with E-state index < -0.39 is 10.4 Å². The fourth-order valence-electron chi connectivity index (χ4n) is 0. The zero-order valence-electron chi connectivity index (χ0n) is 3.70. The van der Waals surface area contributed by atoms with Crippen molar-refractivity contribution in [3.63, 3.8) is 0 Å². The fourth-order valence-corrected chi connectivity index (χ4v) is 0. The van der Waals surface area contributed by atoms with Crippen LogP contribution in [0.4, 0.5) is 0 Å². The van der Waals surface area contributed by atoms with Gasteiger partial charge in [0, 0.05) is 10.4 Å². The maximum absolute atomic E-state index is 8.52. The smallest absolute Gasteiger partial charge is 1.00 e. The molecule has 0 aliphatic carbocycles. The molecule has 0 aromatic heterocycles. The van der Waals surface area contributed by atoms with Crippen LogP contribution in [0.1, 0.15) is 0 Å². The van der Waals surface area contributed by atoms with Gasteiger partial charge in [0.2, 0.25) is 0 Å². The fraction of sp³-hybridized carbons (Fsp3) is 0. The molecule has 0 aromatic carbocycles. The van der Waals surface area contributed by atoms with Crippen LogP contribution < -0.4 is 12.4 Å². The number of halogens is 1. The number of hydrogen-bond donors (Lipinski definition) is 0. The van der Waals surface area contributed by atoms with Gasteiger partial charge < -0.3 is 21.5 Å². The summed E-state index contributed by atoms with van der Waals surface area (Å²) in [5.41, 5.74) is 0. The molecular weight excluding hydrogens is 224 g/mol. The minimum Gasteiger partial charge on any atom is -1.00 e. The van der Waals surface area contributed by atoms with Crippen molar-refractivity contribution in [2.24, 2.45) is 0 Å². The van der Waals surface area contributed by atoms with Crippen molar-refractivity contribution in [3.05, 3.63) is 0 Å². The van der Waals surface area contributed by atoms with Gasteiger partial charge in [0.15, 0.2) is 0 Å². The molecule has 8 heavy (non-hydrogen) atoms. The van der Waals surface area contributed by atoms with Gasteiger partial charge in [0.05, 0.1) is 0 Å². The zero-order chi connectivity index (χ0) is 4.50. The van der Waals surface area contributed by atoms with Crippen molar-refractivity contribution in [1.82, 2.24) is 0 Å². The molecule has 0 aliphatic rings. The maximum atomic E-state index is 8.52. The van der Waals surface area contributed by atoms with Crippen LogP contribution in [-0.2, 0) is 29.9 Å². The van der Waals surface area contributed by atoms with Crippen molar-refractivity contribution < 1.29 is 49.4 Å². The van der Waals surface area contributed by atoms with E-state index in [1.807, 2.05) is 0 Å². The Balaban J connectivity index is -0.0000000267. The second-order valence-corrected chi connectivity index (χ2v) is 1.22. The molecule has 0 atom stereocenters. The molecule has 0 aliphatic heterocycles. The van der Waals surface area contributed by atoms with E-state index in [-0.39, 0.29) is 49.2 Å². The predicted molar refractivity (Wildman–Crippen MR) is 16.2 cm³/mol. The molecular formula is AlClO4SZn+2. The molecule has 0 saturated heterocycles. The first kappa shape index (κ1) is 22.8. The van der Waals surface area contributed by atoms with E-state index in [2.05, 4.69) is 0 Å². The third-order valence-corrected chi connectivity index (χ3v) is 0. The van der Waals surface area contributed by atoms with E-state index in [9.17, 15) is 0 Å². The zero-order valence-corrected chi connectivity index (χ0v) is 9.40. The Morgan fingerprint density at radius 1 is 1.12 bits per heavy atom. The average Bonchev–Trinajstić information content (AvgIpc) is 0.722. The molecule has 40 valence electrons. The molecule has 0 saturated carbocycles. The SMILES string of the molecule is O=S(=O)([O-])[O-].[Al+3].[Cl-].[Zn+2]. The van der Waals surface area contributed by atoms with Crippen LogP contribution in [0.3, 0.4) is 0 Å². The predicted octanol–water partition coefficient (Wildman–Crippen LogP) is -4.72. The Hall–Kier alpha value is 1.32. The molecule has 0 amide bonds. The van der Waals surface area contributed by atoms with E-state index >= 15 is 0 Å². The first-order valence-electron chi connectivity index (χ1n) is 0.667. The van der Waals surface area contributed by atoms with Crippen molar-refractivity contribution >= 4 is 27.8 Å². The summed E-state index contributed by atoms with van der Waals surface area (Å²) in [6.45, 7) is 0. The second-order valence-electron chi connectivity index (χ2n) is 0.408. The molecule has 4 nitrogen and oxygen atoms in total. The Kier molecular flexibility index (Phi) is 23.7. The topological polar surface area (TPSA) is 80.3 Å². The molecule has 0 fully saturated rings. The molecule has 0 spiro atoms. The van der Waals surface area contributed by atoms with Crippen LogP contribution >= 0.6 is 0 Å². The van der Waals surface area contributed by atoms with Gasteiger partial charge >= 0.3 is 36.8 Å². The minimum atomic E-state index is -5.17. The van der Waals surface area contributed by atoms with Crippen molar-refractivity contribution in [2.75, 3.05) is 0 Å². The molecule has 0 unspecified atom stereocenters. The first-order chi connectivity index (χ1) is 2.00. The third kappa shape index (κ3) is 169. The van der Waals surface area contributed by atoms with Gasteiger partial charge in [-0.1, -0.05) is 0 Å².